The molecule has 0 saturated heterocycles. The number of thiophene rings is 2. The molecule has 0 aliphatic carbocycles. The van der Waals surface area contributed by atoms with Gasteiger partial charge in [-0.2, -0.15) is 0 Å². The van der Waals surface area contributed by atoms with E-state index in [9.17, 15) is 4.79 Å². The van der Waals surface area contributed by atoms with Gasteiger partial charge in [-0.05, 0) is 24.3 Å². The zero-order chi connectivity index (χ0) is 15.1. The SMILES string of the molecule is CN(C(=O)c1cc2sc3ccccc3c2s1)c1ccccc1. The lowest BCUT2D eigenvalue weighted by atomic mass is 10.2. The molecule has 2 nitrogen and oxygen atoms in total. The first-order valence-corrected chi connectivity index (χ1v) is 8.61. The predicted molar refractivity (Wildman–Crippen MR) is 96.4 cm³/mol. The molecule has 2 aromatic carbocycles. The topological polar surface area (TPSA) is 20.3 Å². The van der Waals surface area contributed by atoms with E-state index < -0.39 is 0 Å². The number of nitrogens with zero attached hydrogens (tertiary/aromatic N) is 1. The van der Waals surface area contributed by atoms with Crippen LogP contribution in [0.3, 0.4) is 0 Å². The zero-order valence-corrected chi connectivity index (χ0v) is 13.6. The molecule has 4 rings (SSSR count). The van der Waals surface area contributed by atoms with Crippen molar-refractivity contribution in [3.63, 3.8) is 0 Å². The molecular formula is C18H13NOS2. The Hall–Kier alpha value is -2.17. The van der Waals surface area contributed by atoms with E-state index in [0.29, 0.717) is 0 Å². The largest absolute Gasteiger partial charge is 0.311 e. The lowest BCUT2D eigenvalue weighted by molar-refractivity contribution is 0.0997. The summed E-state index contributed by atoms with van der Waals surface area (Å²) >= 11 is 3.33. The minimum Gasteiger partial charge on any atom is -0.311 e. The van der Waals surface area contributed by atoms with Crippen LogP contribution in [0.15, 0.2) is 60.7 Å². The maximum atomic E-state index is 12.7. The van der Waals surface area contributed by atoms with Gasteiger partial charge in [-0.25, -0.2) is 0 Å². The number of amides is 1. The summed E-state index contributed by atoms with van der Waals surface area (Å²) in [7, 11) is 1.82. The monoisotopic (exact) mass is 323 g/mol. The molecule has 0 spiro atoms. The van der Waals surface area contributed by atoms with Crippen LogP contribution >= 0.6 is 22.7 Å². The Morgan fingerprint density at radius 3 is 2.45 bits per heavy atom. The van der Waals surface area contributed by atoms with E-state index in [1.54, 1.807) is 27.6 Å². The van der Waals surface area contributed by atoms with Crippen molar-refractivity contribution in [2.24, 2.45) is 0 Å². The van der Waals surface area contributed by atoms with Crippen molar-refractivity contribution in [2.75, 3.05) is 11.9 Å². The van der Waals surface area contributed by atoms with Crippen molar-refractivity contribution in [1.82, 2.24) is 0 Å². The fraction of sp³-hybridized carbons (Fsp3) is 0.0556. The number of carbonyl (C=O) groups is 1. The first kappa shape index (κ1) is 13.5. The third-order valence-electron chi connectivity index (χ3n) is 3.71. The van der Waals surface area contributed by atoms with Crippen molar-refractivity contribution in [2.45, 2.75) is 0 Å². The second kappa shape index (κ2) is 5.23. The fourth-order valence-corrected chi connectivity index (χ4v) is 5.04. The van der Waals surface area contributed by atoms with Gasteiger partial charge in [-0.1, -0.05) is 36.4 Å². The van der Waals surface area contributed by atoms with E-state index in [4.69, 9.17) is 0 Å². The molecule has 0 aliphatic rings. The molecule has 108 valence electrons. The van der Waals surface area contributed by atoms with Crippen LogP contribution in [0.2, 0.25) is 0 Å². The van der Waals surface area contributed by atoms with Crippen molar-refractivity contribution in [3.05, 3.63) is 65.5 Å². The lowest BCUT2D eigenvalue weighted by Gasteiger charge is -2.15. The molecule has 0 N–H and O–H groups in total. The molecule has 0 bridgehead atoms. The standard InChI is InChI=1S/C18H13NOS2/c1-19(12-7-3-2-4-8-12)18(20)16-11-15-17(22-16)13-9-5-6-10-14(13)21-15/h2-11H,1H3. The molecule has 0 fully saturated rings. The normalized spacial score (nSPS) is 11.1. The van der Waals surface area contributed by atoms with E-state index in [-0.39, 0.29) is 5.91 Å². The molecular weight excluding hydrogens is 310 g/mol. The van der Waals surface area contributed by atoms with Gasteiger partial charge in [0.25, 0.3) is 5.91 Å². The summed E-state index contributed by atoms with van der Waals surface area (Å²) in [6.45, 7) is 0. The van der Waals surface area contributed by atoms with Crippen LogP contribution < -0.4 is 4.90 Å². The maximum Gasteiger partial charge on any atom is 0.268 e. The van der Waals surface area contributed by atoms with Gasteiger partial charge in [-0.3, -0.25) is 4.79 Å². The van der Waals surface area contributed by atoms with E-state index in [2.05, 4.69) is 18.2 Å². The van der Waals surface area contributed by atoms with E-state index in [0.717, 1.165) is 10.6 Å². The molecule has 0 unspecified atom stereocenters. The number of para-hydroxylation sites is 1. The number of hydrogen-bond acceptors (Lipinski definition) is 3. The first-order valence-electron chi connectivity index (χ1n) is 6.98. The quantitative estimate of drug-likeness (QED) is 0.484. The number of rotatable bonds is 2. The van der Waals surface area contributed by atoms with E-state index in [1.807, 2.05) is 49.5 Å². The molecule has 0 radical (unpaired) electrons. The van der Waals surface area contributed by atoms with Crippen molar-refractivity contribution in [3.8, 4) is 0 Å². The molecule has 2 aromatic heterocycles. The highest BCUT2D eigenvalue weighted by Gasteiger charge is 2.18. The minimum atomic E-state index is 0.0451. The fourth-order valence-electron chi connectivity index (χ4n) is 2.54. The van der Waals surface area contributed by atoms with Gasteiger partial charge in [0.1, 0.15) is 0 Å². The third-order valence-corrected chi connectivity index (χ3v) is 6.11. The predicted octanol–water partition coefficient (Wildman–Crippen LogP) is 5.39. The van der Waals surface area contributed by atoms with Gasteiger partial charge in [0.05, 0.1) is 9.58 Å². The highest BCUT2D eigenvalue weighted by Crippen LogP contribution is 2.39. The smallest absolute Gasteiger partial charge is 0.268 e. The Morgan fingerprint density at radius 2 is 1.64 bits per heavy atom. The molecule has 1 amide bonds. The third kappa shape index (κ3) is 2.12. The van der Waals surface area contributed by atoms with Gasteiger partial charge in [0, 0.05) is 27.5 Å². The molecule has 0 saturated carbocycles. The van der Waals surface area contributed by atoms with Crippen molar-refractivity contribution >= 4 is 53.8 Å². The molecule has 2 heterocycles. The summed E-state index contributed by atoms with van der Waals surface area (Å²) < 4.78 is 3.68. The zero-order valence-electron chi connectivity index (χ0n) is 11.9. The van der Waals surface area contributed by atoms with Crippen LogP contribution in [0.1, 0.15) is 9.67 Å². The van der Waals surface area contributed by atoms with Crippen LogP contribution in [0.25, 0.3) is 19.5 Å². The molecule has 0 aliphatic heterocycles. The highest BCUT2D eigenvalue weighted by molar-refractivity contribution is 7.33. The van der Waals surface area contributed by atoms with Crippen molar-refractivity contribution < 1.29 is 4.79 Å². The van der Waals surface area contributed by atoms with E-state index in [1.165, 1.54) is 19.5 Å². The second-order valence-electron chi connectivity index (χ2n) is 5.10. The molecule has 4 aromatic rings. The van der Waals surface area contributed by atoms with Crippen LogP contribution in [0.4, 0.5) is 5.69 Å². The van der Waals surface area contributed by atoms with E-state index >= 15 is 0 Å². The Morgan fingerprint density at radius 1 is 0.909 bits per heavy atom. The molecule has 22 heavy (non-hydrogen) atoms. The Kier molecular flexibility index (Phi) is 3.21. The number of hydrogen-bond donors (Lipinski definition) is 0. The Bertz CT molecular complexity index is 969. The average molecular weight is 323 g/mol. The summed E-state index contributed by atoms with van der Waals surface area (Å²) in [6.07, 6.45) is 0. The number of carbonyl (C=O) groups excluding carboxylic acids is 1. The highest BCUT2D eigenvalue weighted by atomic mass is 32.1. The van der Waals surface area contributed by atoms with Crippen LogP contribution in [0.5, 0.6) is 0 Å². The average Bonchev–Trinajstić information content (AvgIpc) is 3.12. The summed E-state index contributed by atoms with van der Waals surface area (Å²) in [5, 5.41) is 1.24. The lowest BCUT2D eigenvalue weighted by Crippen LogP contribution is -2.25. The first-order chi connectivity index (χ1) is 10.7. The maximum absolute atomic E-state index is 12.7. The number of fused-ring (bicyclic) bond motifs is 3. The van der Waals surface area contributed by atoms with Crippen molar-refractivity contribution in [1.29, 1.82) is 0 Å². The van der Waals surface area contributed by atoms with Gasteiger partial charge < -0.3 is 4.90 Å². The molecule has 0 atom stereocenters. The number of benzene rings is 2. The summed E-state index contributed by atoms with van der Waals surface area (Å²) in [4.78, 5) is 15.2. The second-order valence-corrected chi connectivity index (χ2v) is 7.24. The van der Waals surface area contributed by atoms with Crippen LogP contribution in [-0.2, 0) is 0 Å². The summed E-state index contributed by atoms with van der Waals surface area (Å²) in [6, 6.07) is 20.1. The van der Waals surface area contributed by atoms with Gasteiger partial charge in [0.15, 0.2) is 0 Å². The van der Waals surface area contributed by atoms with Crippen LogP contribution in [0, 0.1) is 0 Å². The number of anilines is 1. The molecule has 4 heteroatoms. The van der Waals surface area contributed by atoms with Crippen LogP contribution in [-0.4, -0.2) is 13.0 Å². The van der Waals surface area contributed by atoms with Gasteiger partial charge >= 0.3 is 0 Å². The Labute approximate surface area is 136 Å². The van der Waals surface area contributed by atoms with Gasteiger partial charge in [-0.15, -0.1) is 22.7 Å². The summed E-state index contributed by atoms with van der Waals surface area (Å²) in [5.41, 5.74) is 0.911. The minimum absolute atomic E-state index is 0.0451. The Balaban J connectivity index is 1.76. The summed E-state index contributed by atoms with van der Waals surface area (Å²) in [5.74, 6) is 0.0451. The van der Waals surface area contributed by atoms with Gasteiger partial charge in [0.2, 0.25) is 0 Å².